The Balaban J connectivity index is 1.99. The van der Waals surface area contributed by atoms with Crippen LogP contribution in [0.1, 0.15) is 5.56 Å². The van der Waals surface area contributed by atoms with E-state index < -0.39 is 0 Å². The topological polar surface area (TPSA) is 32.3 Å². The second-order valence-corrected chi connectivity index (χ2v) is 4.49. The second kappa shape index (κ2) is 4.85. The highest BCUT2D eigenvalue weighted by atomic mass is 35.5. The number of carbonyl (C=O) groups is 1. The summed E-state index contributed by atoms with van der Waals surface area (Å²) in [6, 6.07) is 7.83. The summed E-state index contributed by atoms with van der Waals surface area (Å²) in [6.45, 7) is 1.79. The minimum absolute atomic E-state index is 0.125. The lowest BCUT2D eigenvalue weighted by atomic mass is 10.1. The van der Waals surface area contributed by atoms with Gasteiger partial charge >= 0.3 is 0 Å². The van der Waals surface area contributed by atoms with Gasteiger partial charge in [-0.05, 0) is 11.6 Å². The molecular formula is C12H15ClN2O. The van der Waals surface area contributed by atoms with E-state index in [9.17, 15) is 4.79 Å². The van der Waals surface area contributed by atoms with E-state index in [1.807, 2.05) is 31.3 Å². The van der Waals surface area contributed by atoms with Gasteiger partial charge in [-0.2, -0.15) is 0 Å². The molecule has 4 heteroatoms. The summed E-state index contributed by atoms with van der Waals surface area (Å²) < 4.78 is 0. The molecule has 1 saturated heterocycles. The molecular weight excluding hydrogens is 224 g/mol. The number of hydrogen-bond acceptors (Lipinski definition) is 2. The predicted molar refractivity (Wildman–Crippen MR) is 64.6 cm³/mol. The summed E-state index contributed by atoms with van der Waals surface area (Å²) in [6.07, 6.45) is 0.382. The van der Waals surface area contributed by atoms with Gasteiger partial charge in [0, 0.05) is 25.2 Å². The van der Waals surface area contributed by atoms with E-state index in [1.54, 1.807) is 4.90 Å². The predicted octanol–water partition coefficient (Wildman–Crippen LogP) is 1.31. The largest absolute Gasteiger partial charge is 0.340 e. The molecule has 0 atom stereocenters. The molecule has 1 aromatic carbocycles. The monoisotopic (exact) mass is 238 g/mol. The lowest BCUT2D eigenvalue weighted by molar-refractivity contribution is -0.132. The smallest absolute Gasteiger partial charge is 0.227 e. The number of rotatable bonds is 3. The molecule has 1 fully saturated rings. The zero-order valence-electron chi connectivity index (χ0n) is 9.24. The van der Waals surface area contributed by atoms with Gasteiger partial charge < -0.3 is 10.2 Å². The van der Waals surface area contributed by atoms with Crippen molar-refractivity contribution in [1.82, 2.24) is 10.2 Å². The van der Waals surface area contributed by atoms with Gasteiger partial charge in [-0.25, -0.2) is 0 Å². The van der Waals surface area contributed by atoms with Crippen LogP contribution < -0.4 is 5.32 Å². The zero-order valence-corrected chi connectivity index (χ0v) is 10.00. The van der Waals surface area contributed by atoms with Gasteiger partial charge in [-0.3, -0.25) is 4.79 Å². The van der Waals surface area contributed by atoms with E-state index >= 15 is 0 Å². The summed E-state index contributed by atoms with van der Waals surface area (Å²) in [7, 11) is 1.85. The molecule has 0 aliphatic carbocycles. The minimum Gasteiger partial charge on any atom is -0.340 e. The van der Waals surface area contributed by atoms with Crippen molar-refractivity contribution in [2.24, 2.45) is 0 Å². The second-order valence-electron chi connectivity index (χ2n) is 4.08. The number of nitrogens with zero attached hydrogens (tertiary/aromatic N) is 1. The summed E-state index contributed by atoms with van der Waals surface area (Å²) in [5, 5.41) is 3.82. The van der Waals surface area contributed by atoms with Crippen LogP contribution in [0.25, 0.3) is 0 Å². The van der Waals surface area contributed by atoms with Gasteiger partial charge in [-0.15, -0.1) is 0 Å². The molecule has 1 heterocycles. The summed E-state index contributed by atoms with van der Waals surface area (Å²) in [4.78, 5) is 13.7. The Morgan fingerprint density at radius 2 is 2.19 bits per heavy atom. The van der Waals surface area contributed by atoms with Gasteiger partial charge in [0.1, 0.15) is 0 Å². The maximum absolute atomic E-state index is 11.9. The summed E-state index contributed by atoms with van der Waals surface area (Å²) in [5.41, 5.74) is 0.897. The van der Waals surface area contributed by atoms with E-state index in [1.165, 1.54) is 0 Å². The molecule has 1 N–H and O–H groups in total. The van der Waals surface area contributed by atoms with Gasteiger partial charge in [0.25, 0.3) is 0 Å². The van der Waals surface area contributed by atoms with Crippen molar-refractivity contribution in [3.63, 3.8) is 0 Å². The SMILES string of the molecule is CN(C(=O)Cc1ccccc1Cl)C1CNC1. The number of benzene rings is 1. The number of amides is 1. The van der Waals surface area contributed by atoms with Gasteiger partial charge in [-0.1, -0.05) is 29.8 Å². The Hall–Kier alpha value is -1.06. The molecule has 0 unspecified atom stereocenters. The molecule has 1 amide bonds. The average molecular weight is 239 g/mol. The third-order valence-electron chi connectivity index (χ3n) is 3.00. The van der Waals surface area contributed by atoms with Crippen molar-refractivity contribution in [1.29, 1.82) is 0 Å². The summed E-state index contributed by atoms with van der Waals surface area (Å²) in [5.74, 6) is 0.125. The Bertz CT molecular complexity index is 390. The highest BCUT2D eigenvalue weighted by Gasteiger charge is 2.25. The van der Waals surface area contributed by atoms with Crippen molar-refractivity contribution in [2.45, 2.75) is 12.5 Å². The van der Waals surface area contributed by atoms with Gasteiger partial charge in [0.05, 0.1) is 12.5 Å². The first-order valence-corrected chi connectivity index (χ1v) is 5.76. The third kappa shape index (κ3) is 2.36. The van der Waals surface area contributed by atoms with Crippen LogP contribution in [-0.4, -0.2) is 37.0 Å². The van der Waals surface area contributed by atoms with E-state index in [-0.39, 0.29) is 5.91 Å². The molecule has 0 spiro atoms. The van der Waals surface area contributed by atoms with Crippen LogP contribution in [0, 0.1) is 0 Å². The number of nitrogens with one attached hydrogen (secondary N) is 1. The Morgan fingerprint density at radius 3 is 2.75 bits per heavy atom. The first kappa shape index (κ1) is 11.4. The molecule has 0 saturated carbocycles. The molecule has 2 rings (SSSR count). The van der Waals surface area contributed by atoms with Crippen LogP contribution in [0.2, 0.25) is 5.02 Å². The quantitative estimate of drug-likeness (QED) is 0.861. The highest BCUT2D eigenvalue weighted by molar-refractivity contribution is 6.31. The summed E-state index contributed by atoms with van der Waals surface area (Å²) >= 11 is 6.02. The van der Waals surface area contributed by atoms with E-state index in [0.29, 0.717) is 17.5 Å². The van der Waals surface area contributed by atoms with Crippen LogP contribution >= 0.6 is 11.6 Å². The Kier molecular flexibility index (Phi) is 3.46. The van der Waals surface area contributed by atoms with Crippen LogP contribution in [0.5, 0.6) is 0 Å². The van der Waals surface area contributed by atoms with E-state index in [2.05, 4.69) is 5.32 Å². The fourth-order valence-corrected chi connectivity index (χ4v) is 1.88. The van der Waals surface area contributed by atoms with E-state index in [4.69, 9.17) is 11.6 Å². The maximum atomic E-state index is 11.9. The standard InChI is InChI=1S/C12H15ClN2O/c1-15(10-7-14-8-10)12(16)6-9-4-2-3-5-11(9)13/h2-5,10,14H,6-8H2,1H3. The van der Waals surface area contributed by atoms with Crippen molar-refractivity contribution in [2.75, 3.05) is 20.1 Å². The number of likely N-dealkylation sites (N-methyl/N-ethyl adjacent to an activating group) is 1. The van der Waals surface area contributed by atoms with Crippen LogP contribution in [0.3, 0.4) is 0 Å². The lowest BCUT2D eigenvalue weighted by Crippen LogP contribution is -2.57. The first-order valence-electron chi connectivity index (χ1n) is 5.38. The van der Waals surface area contributed by atoms with Crippen molar-refractivity contribution >= 4 is 17.5 Å². The molecule has 1 aliphatic rings. The molecule has 0 bridgehead atoms. The molecule has 16 heavy (non-hydrogen) atoms. The fraction of sp³-hybridized carbons (Fsp3) is 0.417. The van der Waals surface area contributed by atoms with Gasteiger partial charge in [0.15, 0.2) is 0 Å². The Labute approximate surface area is 100 Å². The Morgan fingerprint density at radius 1 is 1.50 bits per heavy atom. The molecule has 86 valence electrons. The average Bonchev–Trinajstić information content (AvgIpc) is 2.18. The fourth-order valence-electron chi connectivity index (χ4n) is 1.68. The van der Waals surface area contributed by atoms with Crippen molar-refractivity contribution in [3.8, 4) is 0 Å². The van der Waals surface area contributed by atoms with Crippen LogP contribution in [-0.2, 0) is 11.2 Å². The number of hydrogen-bond donors (Lipinski definition) is 1. The zero-order chi connectivity index (χ0) is 11.5. The molecule has 1 aliphatic heterocycles. The van der Waals surface area contributed by atoms with Crippen molar-refractivity contribution < 1.29 is 4.79 Å². The number of halogens is 1. The molecule has 0 aromatic heterocycles. The van der Waals surface area contributed by atoms with Crippen LogP contribution in [0.15, 0.2) is 24.3 Å². The minimum atomic E-state index is 0.125. The van der Waals surface area contributed by atoms with E-state index in [0.717, 1.165) is 18.7 Å². The highest BCUT2D eigenvalue weighted by Crippen LogP contribution is 2.16. The first-order chi connectivity index (χ1) is 7.68. The maximum Gasteiger partial charge on any atom is 0.227 e. The normalized spacial score (nSPS) is 15.6. The van der Waals surface area contributed by atoms with Crippen molar-refractivity contribution in [3.05, 3.63) is 34.9 Å². The number of carbonyl (C=O) groups excluding carboxylic acids is 1. The van der Waals surface area contributed by atoms with Gasteiger partial charge in [0.2, 0.25) is 5.91 Å². The third-order valence-corrected chi connectivity index (χ3v) is 3.37. The lowest BCUT2D eigenvalue weighted by Gasteiger charge is -2.35. The molecule has 1 aromatic rings. The molecule has 0 radical (unpaired) electrons. The van der Waals surface area contributed by atoms with Crippen LogP contribution in [0.4, 0.5) is 0 Å². The molecule has 3 nitrogen and oxygen atoms in total.